The molecular weight excluding hydrogens is 407 g/mol. The monoisotopic (exact) mass is 418 g/mol. The fourth-order valence-electron chi connectivity index (χ4n) is 3.26. The van der Waals surface area contributed by atoms with Gasteiger partial charge in [0.05, 0.1) is 7.11 Å². The minimum atomic E-state index is -1.99. The van der Waals surface area contributed by atoms with Crippen LogP contribution < -0.4 is 10.6 Å². The molecule has 2 aliphatic rings. The topological polar surface area (TPSA) is 93.7 Å². The highest BCUT2D eigenvalue weighted by atomic mass is 35.5. The first-order valence-corrected chi connectivity index (χ1v) is 8.83. The molecule has 1 atom stereocenters. The number of anilines is 2. The van der Waals surface area contributed by atoms with E-state index in [0.717, 1.165) is 7.11 Å². The maximum atomic E-state index is 12.9. The Bertz CT molecular complexity index is 1060. The highest BCUT2D eigenvalue weighted by Crippen LogP contribution is 2.50. The number of benzene rings is 2. The highest BCUT2D eigenvalue weighted by molar-refractivity contribution is 6.31. The van der Waals surface area contributed by atoms with Crippen molar-refractivity contribution in [3.63, 3.8) is 0 Å². The molecule has 0 fully saturated rings. The molecular formula is C19H12Cl2N2O5. The zero-order valence-electron chi connectivity index (χ0n) is 14.3. The Kier molecular flexibility index (Phi) is 4.28. The van der Waals surface area contributed by atoms with Crippen LogP contribution in [0.1, 0.15) is 5.56 Å². The summed E-state index contributed by atoms with van der Waals surface area (Å²) < 4.78 is 10.3. The number of halogens is 2. The molecule has 142 valence electrons. The van der Waals surface area contributed by atoms with Gasteiger partial charge in [-0.25, -0.2) is 9.59 Å². The van der Waals surface area contributed by atoms with Gasteiger partial charge in [-0.15, -0.1) is 0 Å². The number of carbonyl (C=O) groups excluding carboxylic acids is 3. The molecule has 0 saturated heterocycles. The smallest absolute Gasteiger partial charge is 0.357 e. The molecule has 0 aromatic heterocycles. The molecule has 0 saturated carbocycles. The Morgan fingerprint density at radius 2 is 1.79 bits per heavy atom. The van der Waals surface area contributed by atoms with Crippen molar-refractivity contribution in [3.8, 4) is 0 Å². The number of carbonyl (C=O) groups is 3. The number of hydrogen-bond acceptors (Lipinski definition) is 6. The molecule has 0 bridgehead atoms. The Morgan fingerprint density at radius 1 is 1.11 bits per heavy atom. The molecule has 9 heteroatoms. The number of hydrogen-bond donors (Lipinski definition) is 2. The molecule has 1 spiro atoms. The lowest BCUT2D eigenvalue weighted by atomic mass is 9.87. The third-order valence-corrected chi connectivity index (χ3v) is 4.97. The lowest BCUT2D eigenvalue weighted by Gasteiger charge is -2.22. The van der Waals surface area contributed by atoms with Gasteiger partial charge in [-0.05, 0) is 42.5 Å². The Labute approximate surface area is 169 Å². The summed E-state index contributed by atoms with van der Waals surface area (Å²) in [7, 11) is 1.15. The largest absolute Gasteiger partial charge is 0.465 e. The maximum Gasteiger partial charge on any atom is 0.357 e. The van der Waals surface area contributed by atoms with Crippen LogP contribution in [0, 0.1) is 0 Å². The van der Waals surface area contributed by atoms with Crippen molar-refractivity contribution in [1.29, 1.82) is 0 Å². The van der Waals surface area contributed by atoms with E-state index in [2.05, 4.69) is 10.6 Å². The van der Waals surface area contributed by atoms with Crippen LogP contribution in [0.25, 0.3) is 0 Å². The van der Waals surface area contributed by atoms with Crippen molar-refractivity contribution >= 4 is 52.4 Å². The number of nitrogens with one attached hydrogen (secondary N) is 2. The predicted molar refractivity (Wildman–Crippen MR) is 102 cm³/mol. The van der Waals surface area contributed by atoms with Crippen molar-refractivity contribution in [2.24, 2.45) is 0 Å². The second-order valence-electron chi connectivity index (χ2n) is 6.09. The number of amides is 1. The number of rotatable bonds is 3. The van der Waals surface area contributed by atoms with E-state index in [9.17, 15) is 14.4 Å². The molecule has 2 aromatic carbocycles. The Morgan fingerprint density at radius 3 is 2.46 bits per heavy atom. The van der Waals surface area contributed by atoms with Gasteiger partial charge < -0.3 is 20.1 Å². The lowest BCUT2D eigenvalue weighted by Crippen LogP contribution is -2.39. The average Bonchev–Trinajstić information content (AvgIpc) is 3.11. The molecule has 4 rings (SSSR count). The number of methoxy groups -OCH3 is 1. The van der Waals surface area contributed by atoms with Crippen LogP contribution in [0.4, 0.5) is 11.4 Å². The minimum absolute atomic E-state index is 0.197. The lowest BCUT2D eigenvalue weighted by molar-refractivity contribution is -0.156. The molecule has 0 radical (unpaired) electrons. The maximum absolute atomic E-state index is 12.9. The fourth-order valence-corrected chi connectivity index (χ4v) is 3.56. The molecule has 2 N–H and O–H groups in total. The second-order valence-corrected chi connectivity index (χ2v) is 6.96. The van der Waals surface area contributed by atoms with E-state index in [0.29, 0.717) is 21.4 Å². The summed E-state index contributed by atoms with van der Waals surface area (Å²) in [4.78, 5) is 38.2. The summed E-state index contributed by atoms with van der Waals surface area (Å²) >= 11 is 11.9. The molecule has 2 aromatic rings. The van der Waals surface area contributed by atoms with Crippen LogP contribution in [-0.4, -0.2) is 25.0 Å². The van der Waals surface area contributed by atoms with E-state index in [1.54, 1.807) is 36.4 Å². The summed E-state index contributed by atoms with van der Waals surface area (Å²) in [5, 5.41) is 6.26. The van der Waals surface area contributed by atoms with Gasteiger partial charge in [0.2, 0.25) is 0 Å². The van der Waals surface area contributed by atoms with Crippen LogP contribution >= 0.6 is 23.2 Å². The molecule has 7 nitrogen and oxygen atoms in total. The van der Waals surface area contributed by atoms with E-state index in [-0.39, 0.29) is 16.8 Å². The predicted octanol–water partition coefficient (Wildman–Crippen LogP) is 3.24. The number of esters is 2. The minimum Gasteiger partial charge on any atom is -0.465 e. The van der Waals surface area contributed by atoms with Crippen molar-refractivity contribution < 1.29 is 23.9 Å². The zero-order valence-corrected chi connectivity index (χ0v) is 15.9. The van der Waals surface area contributed by atoms with Crippen molar-refractivity contribution in [2.75, 3.05) is 17.7 Å². The standard InChI is InChI=1S/C19H12Cl2N2O5/c1-27-16(24)14-15(22-11-5-2-9(20)3-6-11)17(25)28-19(14)12-8-10(21)4-7-13(12)23-18(19)26/h2-8,22H,1H3,(H,23,26). The van der Waals surface area contributed by atoms with Crippen LogP contribution in [0.3, 0.4) is 0 Å². The summed E-state index contributed by atoms with van der Waals surface area (Å²) in [6, 6.07) is 11.0. The van der Waals surface area contributed by atoms with Crippen LogP contribution in [-0.2, 0) is 29.5 Å². The SMILES string of the molecule is COC(=O)C1=C(Nc2ccc(Cl)cc2)C(=O)OC12C(=O)Nc1ccc(Cl)cc12. The Hall–Kier alpha value is -3.03. The van der Waals surface area contributed by atoms with Gasteiger partial charge in [-0.1, -0.05) is 23.2 Å². The first kappa shape index (κ1) is 18.3. The highest BCUT2D eigenvalue weighted by Gasteiger charge is 2.62. The zero-order chi connectivity index (χ0) is 20.1. The molecule has 1 amide bonds. The average molecular weight is 419 g/mol. The van der Waals surface area contributed by atoms with Crippen LogP contribution in [0.15, 0.2) is 53.7 Å². The van der Waals surface area contributed by atoms with Crippen molar-refractivity contribution in [1.82, 2.24) is 0 Å². The first-order valence-electron chi connectivity index (χ1n) is 8.07. The molecule has 28 heavy (non-hydrogen) atoms. The number of fused-ring (bicyclic) bond motifs is 2. The van der Waals surface area contributed by atoms with Gasteiger partial charge in [-0.2, -0.15) is 0 Å². The number of ether oxygens (including phenoxy) is 2. The fraction of sp³-hybridized carbons (Fsp3) is 0.105. The van der Waals surface area contributed by atoms with E-state index in [4.69, 9.17) is 32.7 Å². The van der Waals surface area contributed by atoms with Crippen LogP contribution in [0.5, 0.6) is 0 Å². The summed E-state index contributed by atoms with van der Waals surface area (Å²) in [6.45, 7) is 0. The van der Waals surface area contributed by atoms with E-state index in [1.165, 1.54) is 6.07 Å². The first-order chi connectivity index (χ1) is 13.4. The van der Waals surface area contributed by atoms with Gasteiger partial charge >= 0.3 is 11.9 Å². The third kappa shape index (κ3) is 2.63. The van der Waals surface area contributed by atoms with Crippen molar-refractivity contribution in [3.05, 3.63) is 69.3 Å². The van der Waals surface area contributed by atoms with Gasteiger partial charge in [0, 0.05) is 27.0 Å². The normalized spacial score (nSPS) is 20.1. The molecule has 1 unspecified atom stereocenters. The van der Waals surface area contributed by atoms with E-state index < -0.39 is 23.4 Å². The van der Waals surface area contributed by atoms with Gasteiger partial charge in [0.15, 0.2) is 0 Å². The van der Waals surface area contributed by atoms with E-state index >= 15 is 0 Å². The third-order valence-electron chi connectivity index (χ3n) is 4.48. The summed E-state index contributed by atoms with van der Waals surface area (Å²) in [6.07, 6.45) is 0. The van der Waals surface area contributed by atoms with Gasteiger partial charge in [0.25, 0.3) is 11.5 Å². The van der Waals surface area contributed by atoms with Gasteiger partial charge in [-0.3, -0.25) is 4.79 Å². The van der Waals surface area contributed by atoms with Crippen molar-refractivity contribution in [2.45, 2.75) is 5.60 Å². The summed E-state index contributed by atoms with van der Waals surface area (Å²) in [5.74, 6) is -2.45. The quantitative estimate of drug-likeness (QED) is 0.743. The Balaban J connectivity index is 1.92. The van der Waals surface area contributed by atoms with E-state index in [1.807, 2.05) is 0 Å². The molecule has 2 heterocycles. The van der Waals surface area contributed by atoms with Crippen LogP contribution in [0.2, 0.25) is 10.0 Å². The second kappa shape index (κ2) is 6.54. The van der Waals surface area contributed by atoms with Gasteiger partial charge in [0.1, 0.15) is 11.3 Å². The summed E-state index contributed by atoms with van der Waals surface area (Å²) in [5.41, 5.74) is -1.33. The molecule has 2 aliphatic heterocycles. The molecule has 0 aliphatic carbocycles.